The van der Waals surface area contributed by atoms with Crippen LogP contribution in [-0.2, 0) is 19.9 Å². The molecule has 1 saturated heterocycles. The normalized spacial score (nSPS) is 24.5. The average molecular weight is 271 g/mol. The minimum Gasteiger partial charge on any atom is -0.392 e. The standard InChI is InChI=1S/C8H17NO5S2/c1-15(11,12)5-6-16(13,14)9-4-2-3-8(10)7-9/h8,10H,2-7H2,1H3/t8-/m0/s1. The van der Waals surface area contributed by atoms with Gasteiger partial charge in [0.25, 0.3) is 0 Å². The molecule has 16 heavy (non-hydrogen) atoms. The van der Waals surface area contributed by atoms with Crippen molar-refractivity contribution in [3.63, 3.8) is 0 Å². The number of sulfone groups is 1. The summed E-state index contributed by atoms with van der Waals surface area (Å²) in [5, 5.41) is 9.35. The first kappa shape index (κ1) is 13.9. The number of aliphatic hydroxyl groups excluding tert-OH is 1. The van der Waals surface area contributed by atoms with Gasteiger partial charge in [-0.3, -0.25) is 0 Å². The first-order chi connectivity index (χ1) is 7.21. The second-order valence-electron chi connectivity index (χ2n) is 4.10. The molecule has 96 valence electrons. The lowest BCUT2D eigenvalue weighted by Gasteiger charge is -2.29. The van der Waals surface area contributed by atoms with Gasteiger partial charge in [-0.05, 0) is 12.8 Å². The predicted molar refractivity (Wildman–Crippen MR) is 60.3 cm³/mol. The highest BCUT2D eigenvalue weighted by Gasteiger charge is 2.28. The van der Waals surface area contributed by atoms with Crippen LogP contribution in [0.3, 0.4) is 0 Å². The zero-order valence-electron chi connectivity index (χ0n) is 9.16. The van der Waals surface area contributed by atoms with Crippen LogP contribution in [0.15, 0.2) is 0 Å². The number of rotatable bonds is 4. The van der Waals surface area contributed by atoms with Crippen LogP contribution in [0.5, 0.6) is 0 Å². The Balaban J connectivity index is 2.63. The molecule has 8 heteroatoms. The molecule has 0 unspecified atom stereocenters. The average Bonchev–Trinajstić information content (AvgIpc) is 2.14. The quantitative estimate of drug-likeness (QED) is 0.694. The molecule has 0 amide bonds. The number of hydrogen-bond donors (Lipinski definition) is 1. The first-order valence-corrected chi connectivity index (χ1v) is 8.71. The van der Waals surface area contributed by atoms with Gasteiger partial charge in [0, 0.05) is 19.3 Å². The van der Waals surface area contributed by atoms with Crippen LogP contribution in [-0.4, -0.2) is 63.2 Å². The van der Waals surface area contributed by atoms with E-state index < -0.39 is 31.7 Å². The van der Waals surface area contributed by atoms with E-state index in [0.717, 1.165) is 6.26 Å². The molecule has 1 fully saturated rings. The Morgan fingerprint density at radius 1 is 1.25 bits per heavy atom. The second-order valence-corrected chi connectivity index (χ2v) is 8.45. The van der Waals surface area contributed by atoms with E-state index in [-0.39, 0.29) is 12.3 Å². The lowest BCUT2D eigenvalue weighted by molar-refractivity contribution is 0.108. The predicted octanol–water partition coefficient (Wildman–Crippen LogP) is -1.18. The van der Waals surface area contributed by atoms with E-state index in [2.05, 4.69) is 0 Å². The topological polar surface area (TPSA) is 91.8 Å². The number of nitrogens with zero attached hydrogens (tertiary/aromatic N) is 1. The summed E-state index contributed by atoms with van der Waals surface area (Å²) in [5.74, 6) is -0.777. The third-order valence-electron chi connectivity index (χ3n) is 2.46. The summed E-state index contributed by atoms with van der Waals surface area (Å²) in [6.45, 7) is 0.440. The molecule has 1 aliphatic heterocycles. The molecule has 0 spiro atoms. The molecule has 0 aliphatic carbocycles. The Morgan fingerprint density at radius 3 is 2.38 bits per heavy atom. The third kappa shape index (κ3) is 4.36. The van der Waals surface area contributed by atoms with E-state index in [0.29, 0.717) is 19.4 Å². The number of sulfonamides is 1. The van der Waals surface area contributed by atoms with Crippen LogP contribution in [0.4, 0.5) is 0 Å². The number of piperidine rings is 1. The smallest absolute Gasteiger partial charge is 0.215 e. The van der Waals surface area contributed by atoms with Crippen molar-refractivity contribution in [2.75, 3.05) is 30.9 Å². The van der Waals surface area contributed by atoms with E-state index in [1.54, 1.807) is 0 Å². The van der Waals surface area contributed by atoms with E-state index in [1.807, 2.05) is 0 Å². The van der Waals surface area contributed by atoms with E-state index in [9.17, 15) is 21.9 Å². The Kier molecular flexibility index (Phi) is 4.33. The number of aliphatic hydroxyl groups is 1. The Morgan fingerprint density at radius 2 is 1.88 bits per heavy atom. The van der Waals surface area contributed by atoms with Gasteiger partial charge in [-0.1, -0.05) is 0 Å². The molecular weight excluding hydrogens is 254 g/mol. The van der Waals surface area contributed by atoms with Crippen LogP contribution in [0.1, 0.15) is 12.8 Å². The zero-order valence-corrected chi connectivity index (χ0v) is 10.8. The van der Waals surface area contributed by atoms with Gasteiger partial charge in [0.2, 0.25) is 10.0 Å². The lowest BCUT2D eigenvalue weighted by Crippen LogP contribution is -2.43. The fraction of sp³-hybridized carbons (Fsp3) is 1.00. The summed E-state index contributed by atoms with van der Waals surface area (Å²) in [6, 6.07) is 0. The number of β-amino-alcohol motifs (C(OH)–C–C–N with tert-alkyl or cyclic N) is 1. The maximum Gasteiger partial charge on any atom is 0.215 e. The molecule has 6 nitrogen and oxygen atoms in total. The first-order valence-electron chi connectivity index (χ1n) is 5.04. The molecule has 0 radical (unpaired) electrons. The molecule has 0 aromatic heterocycles. The van der Waals surface area contributed by atoms with Crippen molar-refractivity contribution < 1.29 is 21.9 Å². The second kappa shape index (κ2) is 4.99. The molecule has 1 aliphatic rings. The van der Waals surface area contributed by atoms with Gasteiger partial charge in [0.1, 0.15) is 9.84 Å². The van der Waals surface area contributed by atoms with Gasteiger partial charge in [-0.2, -0.15) is 4.31 Å². The summed E-state index contributed by atoms with van der Waals surface area (Å²) in [4.78, 5) is 0. The molecular formula is C8H17NO5S2. The van der Waals surface area contributed by atoms with E-state index in [1.165, 1.54) is 4.31 Å². The maximum absolute atomic E-state index is 11.7. The van der Waals surface area contributed by atoms with E-state index >= 15 is 0 Å². The van der Waals surface area contributed by atoms with Crippen LogP contribution in [0.25, 0.3) is 0 Å². The van der Waals surface area contributed by atoms with E-state index in [4.69, 9.17) is 0 Å². The minimum atomic E-state index is -3.56. The fourth-order valence-corrected chi connectivity index (χ4v) is 4.68. The van der Waals surface area contributed by atoms with Crippen molar-refractivity contribution >= 4 is 19.9 Å². The number of hydrogen-bond acceptors (Lipinski definition) is 5. The molecule has 1 heterocycles. The van der Waals surface area contributed by atoms with Crippen molar-refractivity contribution in [2.45, 2.75) is 18.9 Å². The Bertz CT molecular complexity index is 427. The molecule has 0 aromatic rings. The maximum atomic E-state index is 11.7. The summed E-state index contributed by atoms with van der Waals surface area (Å²) in [5.41, 5.74) is 0. The zero-order chi connectivity index (χ0) is 12.4. The van der Waals surface area contributed by atoms with Crippen molar-refractivity contribution in [1.29, 1.82) is 0 Å². The third-order valence-corrected chi connectivity index (χ3v) is 5.51. The van der Waals surface area contributed by atoms with Crippen LogP contribution in [0, 0.1) is 0 Å². The molecule has 0 bridgehead atoms. The van der Waals surface area contributed by atoms with Crippen LogP contribution >= 0.6 is 0 Å². The largest absolute Gasteiger partial charge is 0.392 e. The highest BCUT2D eigenvalue weighted by Crippen LogP contribution is 2.14. The van der Waals surface area contributed by atoms with Crippen molar-refractivity contribution in [3.05, 3.63) is 0 Å². The van der Waals surface area contributed by atoms with Crippen LogP contribution < -0.4 is 0 Å². The van der Waals surface area contributed by atoms with Crippen molar-refractivity contribution in [2.24, 2.45) is 0 Å². The molecule has 1 rings (SSSR count). The summed E-state index contributed by atoms with van der Waals surface area (Å²) in [7, 11) is -6.83. The van der Waals surface area contributed by atoms with Gasteiger partial charge in [-0.25, -0.2) is 16.8 Å². The van der Waals surface area contributed by atoms with Gasteiger partial charge >= 0.3 is 0 Å². The highest BCUT2D eigenvalue weighted by atomic mass is 32.2. The van der Waals surface area contributed by atoms with Gasteiger partial charge in [0.15, 0.2) is 0 Å². The van der Waals surface area contributed by atoms with Crippen molar-refractivity contribution in [1.82, 2.24) is 4.31 Å². The molecule has 0 saturated carbocycles. The fourth-order valence-electron chi connectivity index (χ4n) is 1.56. The SMILES string of the molecule is CS(=O)(=O)CCS(=O)(=O)N1CCC[C@H](O)C1. The molecule has 1 N–H and O–H groups in total. The summed E-state index contributed by atoms with van der Waals surface area (Å²) < 4.78 is 46.4. The summed E-state index contributed by atoms with van der Waals surface area (Å²) >= 11 is 0. The monoisotopic (exact) mass is 271 g/mol. The molecule has 1 atom stereocenters. The Labute approximate surface area is 96.2 Å². The van der Waals surface area contributed by atoms with Gasteiger partial charge in [0.05, 0.1) is 17.6 Å². The molecule has 0 aromatic carbocycles. The van der Waals surface area contributed by atoms with Gasteiger partial charge in [-0.15, -0.1) is 0 Å². The van der Waals surface area contributed by atoms with Crippen LogP contribution in [0.2, 0.25) is 0 Å². The summed E-state index contributed by atoms with van der Waals surface area (Å²) in [6.07, 6.45) is 1.58. The minimum absolute atomic E-state index is 0.0755. The Hall–Kier alpha value is -0.180. The highest BCUT2D eigenvalue weighted by molar-refractivity contribution is 7.93. The van der Waals surface area contributed by atoms with Gasteiger partial charge < -0.3 is 5.11 Å². The lowest BCUT2D eigenvalue weighted by atomic mass is 10.1. The van der Waals surface area contributed by atoms with Crippen molar-refractivity contribution in [3.8, 4) is 0 Å².